The molecule has 2 aromatic heterocycles. The van der Waals surface area contributed by atoms with Crippen LogP contribution in [0.3, 0.4) is 0 Å². The summed E-state index contributed by atoms with van der Waals surface area (Å²) in [6, 6.07) is 0. The Morgan fingerprint density at radius 1 is 1.50 bits per heavy atom. The van der Waals surface area contributed by atoms with E-state index in [1.165, 1.54) is 16.9 Å². The molecule has 0 aromatic carbocycles. The Labute approximate surface area is 104 Å². The number of hydrogen-bond acceptors (Lipinski definition) is 6. The summed E-state index contributed by atoms with van der Waals surface area (Å²) in [6.07, 6.45) is 2.95. The molecule has 0 atom stereocenters. The minimum absolute atomic E-state index is 0.227. The predicted octanol–water partition coefficient (Wildman–Crippen LogP) is 0.538. The molecule has 18 heavy (non-hydrogen) atoms. The van der Waals surface area contributed by atoms with Crippen LogP contribution in [0.4, 0.5) is 0 Å². The van der Waals surface area contributed by atoms with Crippen molar-refractivity contribution in [3.8, 4) is 0 Å². The maximum Gasteiger partial charge on any atom is 0.341 e. The Balaban J connectivity index is 2.32. The number of hydrogen-bond donors (Lipinski definition) is 1. The number of rotatable bonds is 2. The third-order valence-electron chi connectivity index (χ3n) is 2.05. The third-order valence-corrected chi connectivity index (χ3v) is 2.05. The molecule has 0 fully saturated rings. The minimum Gasteiger partial charge on any atom is -0.456 e. The van der Waals surface area contributed by atoms with E-state index >= 15 is 0 Å². The zero-order valence-electron chi connectivity index (χ0n) is 10.5. The maximum atomic E-state index is 11.8. The van der Waals surface area contributed by atoms with E-state index in [1.54, 1.807) is 20.8 Å². The molecular weight excluding hydrogens is 234 g/mol. The second-order valence-electron chi connectivity index (χ2n) is 4.82. The number of nitrogens with zero attached hydrogens (tertiary/aromatic N) is 4. The molecule has 0 aliphatic heterocycles. The number of aromatic nitrogens is 4. The fraction of sp³-hybridized carbons (Fsp3) is 0.455. The van der Waals surface area contributed by atoms with Gasteiger partial charge in [0.25, 0.3) is 5.78 Å². The van der Waals surface area contributed by atoms with E-state index in [0.29, 0.717) is 17.2 Å². The number of fused-ring (bicyclic) bond motifs is 1. The fourth-order valence-electron chi connectivity index (χ4n) is 1.35. The van der Waals surface area contributed by atoms with Gasteiger partial charge in [-0.15, -0.1) is 5.10 Å². The predicted molar refractivity (Wildman–Crippen MR) is 63.8 cm³/mol. The van der Waals surface area contributed by atoms with Crippen molar-refractivity contribution in [2.75, 3.05) is 0 Å². The molecule has 0 aliphatic rings. The van der Waals surface area contributed by atoms with Gasteiger partial charge in [0.1, 0.15) is 5.60 Å². The highest BCUT2D eigenvalue weighted by Crippen LogP contribution is 2.11. The lowest BCUT2D eigenvalue weighted by Crippen LogP contribution is -2.24. The van der Waals surface area contributed by atoms with Crippen molar-refractivity contribution < 1.29 is 9.53 Å². The lowest BCUT2D eigenvalue weighted by molar-refractivity contribution is 0.00684. The second kappa shape index (κ2) is 4.34. The molecule has 0 radical (unpaired) electrons. The molecule has 2 heterocycles. The van der Waals surface area contributed by atoms with Crippen LogP contribution in [0.1, 0.15) is 37.0 Å². The van der Waals surface area contributed by atoms with Gasteiger partial charge in [0.2, 0.25) is 0 Å². The van der Waals surface area contributed by atoms with Crippen LogP contribution in [0, 0.1) is 0 Å². The normalized spacial score (nSPS) is 11.8. The molecule has 0 bridgehead atoms. The number of nitrogens with two attached hydrogens (primary N) is 1. The average molecular weight is 249 g/mol. The Morgan fingerprint density at radius 3 is 2.83 bits per heavy atom. The van der Waals surface area contributed by atoms with Crippen LogP contribution in [0.25, 0.3) is 5.78 Å². The van der Waals surface area contributed by atoms with E-state index in [4.69, 9.17) is 10.5 Å². The van der Waals surface area contributed by atoms with Gasteiger partial charge >= 0.3 is 5.97 Å². The Kier molecular flexibility index (Phi) is 3.00. The minimum atomic E-state index is -0.545. The summed E-state index contributed by atoms with van der Waals surface area (Å²) in [7, 11) is 0. The molecule has 2 aromatic rings. The monoisotopic (exact) mass is 249 g/mol. The summed E-state index contributed by atoms with van der Waals surface area (Å²) in [5, 5.41) is 4.08. The van der Waals surface area contributed by atoms with Crippen molar-refractivity contribution in [3.05, 3.63) is 23.8 Å². The number of ether oxygens (including phenoxy) is 1. The average Bonchev–Trinajstić information content (AvgIpc) is 2.68. The van der Waals surface area contributed by atoms with Gasteiger partial charge in [0.15, 0.2) is 5.82 Å². The van der Waals surface area contributed by atoms with Crippen LogP contribution >= 0.6 is 0 Å². The lowest BCUT2D eigenvalue weighted by atomic mass is 10.2. The van der Waals surface area contributed by atoms with E-state index in [9.17, 15) is 4.79 Å². The molecule has 7 nitrogen and oxygen atoms in total. The van der Waals surface area contributed by atoms with Crippen molar-refractivity contribution in [2.24, 2.45) is 5.73 Å². The van der Waals surface area contributed by atoms with Gasteiger partial charge < -0.3 is 10.5 Å². The second-order valence-corrected chi connectivity index (χ2v) is 4.82. The summed E-state index contributed by atoms with van der Waals surface area (Å²) < 4.78 is 6.66. The highest BCUT2D eigenvalue weighted by Gasteiger charge is 2.19. The van der Waals surface area contributed by atoms with Crippen molar-refractivity contribution >= 4 is 11.7 Å². The molecule has 0 spiro atoms. The Hall–Kier alpha value is -2.02. The number of esters is 1. The maximum absolute atomic E-state index is 11.8. The summed E-state index contributed by atoms with van der Waals surface area (Å²) in [4.78, 5) is 19.9. The van der Waals surface area contributed by atoms with E-state index in [2.05, 4.69) is 15.1 Å². The van der Waals surface area contributed by atoms with Crippen LogP contribution in [0.2, 0.25) is 0 Å². The van der Waals surface area contributed by atoms with Crippen LogP contribution in [0.15, 0.2) is 12.4 Å². The van der Waals surface area contributed by atoms with Crippen molar-refractivity contribution in [3.63, 3.8) is 0 Å². The molecule has 96 valence electrons. The highest BCUT2D eigenvalue weighted by molar-refractivity contribution is 5.89. The quantitative estimate of drug-likeness (QED) is 0.780. The Bertz CT molecular complexity index is 585. The summed E-state index contributed by atoms with van der Waals surface area (Å²) in [5.41, 5.74) is 5.22. The molecule has 0 saturated carbocycles. The summed E-state index contributed by atoms with van der Waals surface area (Å²) in [6.45, 7) is 5.64. The first-order valence-corrected chi connectivity index (χ1v) is 5.54. The zero-order valence-corrected chi connectivity index (χ0v) is 10.5. The van der Waals surface area contributed by atoms with Gasteiger partial charge in [-0.3, -0.25) is 0 Å². The van der Waals surface area contributed by atoms with E-state index < -0.39 is 11.6 Å². The van der Waals surface area contributed by atoms with Gasteiger partial charge in [-0.05, 0) is 20.8 Å². The first-order valence-electron chi connectivity index (χ1n) is 5.54. The standard InChI is InChI=1S/C11H15N5O2/c1-11(2,3)18-9(17)7-5-13-10-14-8(4-12)15-16(10)6-7/h5-6H,4,12H2,1-3H3. The summed E-state index contributed by atoms with van der Waals surface area (Å²) in [5.74, 6) is 0.438. The zero-order chi connectivity index (χ0) is 13.3. The van der Waals surface area contributed by atoms with Crippen LogP contribution in [-0.2, 0) is 11.3 Å². The largest absolute Gasteiger partial charge is 0.456 e. The summed E-state index contributed by atoms with van der Waals surface area (Å²) >= 11 is 0. The van der Waals surface area contributed by atoms with Crippen molar-refractivity contribution in [1.82, 2.24) is 19.6 Å². The highest BCUT2D eigenvalue weighted by atomic mass is 16.6. The molecular formula is C11H15N5O2. The smallest absolute Gasteiger partial charge is 0.341 e. The van der Waals surface area contributed by atoms with Crippen molar-refractivity contribution in [1.29, 1.82) is 0 Å². The molecule has 2 rings (SSSR count). The molecule has 0 aliphatic carbocycles. The third kappa shape index (κ3) is 2.62. The van der Waals surface area contributed by atoms with Gasteiger partial charge in [-0.2, -0.15) is 4.98 Å². The van der Waals surface area contributed by atoms with Crippen LogP contribution in [0.5, 0.6) is 0 Å². The van der Waals surface area contributed by atoms with E-state index in [1.807, 2.05) is 0 Å². The first kappa shape index (κ1) is 12.4. The van der Waals surface area contributed by atoms with Gasteiger partial charge in [0.05, 0.1) is 12.1 Å². The van der Waals surface area contributed by atoms with Crippen molar-refractivity contribution in [2.45, 2.75) is 32.9 Å². The van der Waals surface area contributed by atoms with Crippen LogP contribution < -0.4 is 5.73 Å². The van der Waals surface area contributed by atoms with Crippen LogP contribution in [-0.4, -0.2) is 31.2 Å². The molecule has 0 amide bonds. The molecule has 2 N–H and O–H groups in total. The van der Waals surface area contributed by atoms with E-state index in [0.717, 1.165) is 0 Å². The Morgan fingerprint density at radius 2 is 2.22 bits per heavy atom. The van der Waals surface area contributed by atoms with Gasteiger partial charge in [-0.25, -0.2) is 14.3 Å². The molecule has 0 unspecified atom stereocenters. The van der Waals surface area contributed by atoms with Gasteiger partial charge in [0, 0.05) is 12.4 Å². The molecule has 7 heteroatoms. The number of carbonyl (C=O) groups is 1. The number of carbonyl (C=O) groups excluding carboxylic acids is 1. The molecule has 0 saturated heterocycles. The fourth-order valence-corrected chi connectivity index (χ4v) is 1.35. The lowest BCUT2D eigenvalue weighted by Gasteiger charge is -2.19. The topological polar surface area (TPSA) is 95.4 Å². The van der Waals surface area contributed by atoms with E-state index in [-0.39, 0.29) is 6.54 Å². The SMILES string of the molecule is CC(C)(C)OC(=O)c1cnc2nc(CN)nn2c1. The first-order chi connectivity index (χ1) is 8.39. The van der Waals surface area contributed by atoms with Gasteiger partial charge in [-0.1, -0.05) is 0 Å².